The predicted octanol–water partition coefficient (Wildman–Crippen LogP) is 0.0898. The molecule has 1 N–H and O–H groups in total. The van der Waals surface area contributed by atoms with E-state index in [1.54, 1.807) is 13.0 Å². The van der Waals surface area contributed by atoms with Gasteiger partial charge in [-0.2, -0.15) is 0 Å². The number of hydrogen-bond donors (Lipinski definition) is 1. The minimum Gasteiger partial charge on any atom is -0.356 e. The van der Waals surface area contributed by atoms with Crippen LogP contribution in [0.25, 0.3) is 0 Å². The van der Waals surface area contributed by atoms with Gasteiger partial charge in [-0.3, -0.25) is 4.79 Å². The Hall–Kier alpha value is -1.74. The monoisotopic (exact) mass is 369 g/mol. The second-order valence-corrected chi connectivity index (χ2v) is 8.97. The molecule has 1 aromatic rings. The zero-order chi connectivity index (χ0) is 18.6. The van der Waals surface area contributed by atoms with Gasteiger partial charge in [0.05, 0.1) is 11.5 Å². The number of rotatable bonds is 7. The molecule has 0 saturated carbocycles. The predicted molar refractivity (Wildman–Crippen MR) is 97.7 cm³/mol. The second-order valence-electron chi connectivity index (χ2n) is 6.74. The zero-order valence-corrected chi connectivity index (χ0v) is 16.1. The summed E-state index contributed by atoms with van der Waals surface area (Å²) in [7, 11) is 2.81. The summed E-state index contributed by atoms with van der Waals surface area (Å²) in [5, 5.41) is 2.86. The molecule has 0 bridgehead atoms. The van der Waals surface area contributed by atoms with Crippen LogP contribution in [0.3, 0.4) is 0 Å². The van der Waals surface area contributed by atoms with Gasteiger partial charge in [-0.15, -0.1) is 0 Å². The largest absolute Gasteiger partial charge is 0.356 e. The SMILES string of the molecule is Cc1nc(C(=O)NCCCN(C)C)cc(N(C)C2CCS(=O)(=O)C2)n1. The third kappa shape index (κ3) is 5.64. The number of carbonyl (C=O) groups is 1. The molecule has 140 valence electrons. The molecule has 0 spiro atoms. The number of sulfone groups is 1. The van der Waals surface area contributed by atoms with Crippen molar-refractivity contribution >= 4 is 21.6 Å². The second kappa shape index (κ2) is 8.09. The van der Waals surface area contributed by atoms with Gasteiger partial charge >= 0.3 is 0 Å². The van der Waals surface area contributed by atoms with Crippen LogP contribution in [-0.2, 0) is 9.84 Å². The van der Waals surface area contributed by atoms with Crippen LogP contribution in [0.4, 0.5) is 5.82 Å². The van der Waals surface area contributed by atoms with Gasteiger partial charge in [-0.25, -0.2) is 18.4 Å². The van der Waals surface area contributed by atoms with E-state index in [-0.39, 0.29) is 23.5 Å². The lowest BCUT2D eigenvalue weighted by Crippen LogP contribution is -2.34. The molecule has 1 saturated heterocycles. The molecular weight excluding hydrogens is 342 g/mol. The molecular formula is C16H27N5O3S. The summed E-state index contributed by atoms with van der Waals surface area (Å²) in [6.45, 7) is 3.20. The van der Waals surface area contributed by atoms with E-state index in [9.17, 15) is 13.2 Å². The molecule has 25 heavy (non-hydrogen) atoms. The summed E-state index contributed by atoms with van der Waals surface area (Å²) in [4.78, 5) is 24.8. The molecule has 2 heterocycles. The number of carbonyl (C=O) groups excluding carboxylic acids is 1. The average molecular weight is 369 g/mol. The minimum absolute atomic E-state index is 0.115. The molecule has 0 aromatic carbocycles. The Morgan fingerprint density at radius 2 is 2.04 bits per heavy atom. The fourth-order valence-electron chi connectivity index (χ4n) is 2.80. The van der Waals surface area contributed by atoms with E-state index < -0.39 is 9.84 Å². The lowest BCUT2D eigenvalue weighted by molar-refractivity contribution is 0.0947. The topological polar surface area (TPSA) is 95.5 Å². The highest BCUT2D eigenvalue weighted by Crippen LogP contribution is 2.22. The van der Waals surface area contributed by atoms with Crippen molar-refractivity contribution in [3.63, 3.8) is 0 Å². The first kappa shape index (κ1) is 19.6. The smallest absolute Gasteiger partial charge is 0.270 e. The summed E-state index contributed by atoms with van der Waals surface area (Å²) in [6, 6.07) is 1.51. The van der Waals surface area contributed by atoms with Gasteiger partial charge < -0.3 is 15.1 Å². The van der Waals surface area contributed by atoms with Crippen molar-refractivity contribution < 1.29 is 13.2 Å². The fraction of sp³-hybridized carbons (Fsp3) is 0.688. The van der Waals surface area contributed by atoms with Crippen molar-refractivity contribution in [1.82, 2.24) is 20.2 Å². The Labute approximate surface area is 149 Å². The minimum atomic E-state index is -2.98. The summed E-state index contributed by atoms with van der Waals surface area (Å²) in [6.07, 6.45) is 1.43. The summed E-state index contributed by atoms with van der Waals surface area (Å²) in [5.41, 5.74) is 0.306. The molecule has 1 atom stereocenters. The molecule has 0 aliphatic carbocycles. The molecule has 1 aliphatic heterocycles. The summed E-state index contributed by atoms with van der Waals surface area (Å²) >= 11 is 0. The molecule has 1 aromatic heterocycles. The van der Waals surface area contributed by atoms with E-state index in [1.807, 2.05) is 26.0 Å². The van der Waals surface area contributed by atoms with Crippen LogP contribution in [0.2, 0.25) is 0 Å². The third-order valence-electron chi connectivity index (χ3n) is 4.24. The Bertz CT molecular complexity index is 720. The lowest BCUT2D eigenvalue weighted by Gasteiger charge is -2.25. The first-order valence-electron chi connectivity index (χ1n) is 8.40. The van der Waals surface area contributed by atoms with E-state index in [1.165, 1.54) is 0 Å². The fourth-order valence-corrected chi connectivity index (χ4v) is 4.58. The Kier molecular flexibility index (Phi) is 6.34. The molecule has 8 nitrogen and oxygen atoms in total. The van der Waals surface area contributed by atoms with Crippen molar-refractivity contribution in [2.75, 3.05) is 50.6 Å². The maximum absolute atomic E-state index is 12.3. The third-order valence-corrected chi connectivity index (χ3v) is 5.99. The standard InChI is InChI=1S/C16H27N5O3S/c1-12-18-14(16(22)17-7-5-8-20(2)3)10-15(19-12)21(4)13-6-9-25(23,24)11-13/h10,13H,5-9,11H2,1-4H3,(H,17,22). The number of anilines is 1. The quantitative estimate of drug-likeness (QED) is 0.681. The molecule has 2 rings (SSSR count). The van der Waals surface area contributed by atoms with Crippen molar-refractivity contribution in [3.8, 4) is 0 Å². The van der Waals surface area contributed by atoms with Gasteiger partial charge in [0.2, 0.25) is 0 Å². The van der Waals surface area contributed by atoms with Crippen molar-refractivity contribution in [2.45, 2.75) is 25.8 Å². The maximum Gasteiger partial charge on any atom is 0.270 e. The summed E-state index contributed by atoms with van der Waals surface area (Å²) in [5.74, 6) is 1.15. The molecule has 1 unspecified atom stereocenters. The van der Waals surface area contributed by atoms with Crippen LogP contribution in [-0.4, -0.2) is 81.0 Å². The van der Waals surface area contributed by atoms with E-state index in [4.69, 9.17) is 0 Å². The molecule has 1 amide bonds. The number of nitrogens with zero attached hydrogens (tertiary/aromatic N) is 4. The average Bonchev–Trinajstić information content (AvgIpc) is 2.89. The highest BCUT2D eigenvalue weighted by Gasteiger charge is 2.31. The highest BCUT2D eigenvalue weighted by atomic mass is 32.2. The van der Waals surface area contributed by atoms with Crippen molar-refractivity contribution in [1.29, 1.82) is 0 Å². The van der Waals surface area contributed by atoms with Gasteiger partial charge in [-0.1, -0.05) is 0 Å². The number of aryl methyl sites for hydroxylation is 1. The normalized spacial score (nSPS) is 19.2. The molecule has 1 aliphatic rings. The Balaban J connectivity index is 2.05. The van der Waals surface area contributed by atoms with Gasteiger partial charge in [-0.05, 0) is 40.4 Å². The molecule has 1 fully saturated rings. The van der Waals surface area contributed by atoms with Crippen LogP contribution in [0.15, 0.2) is 6.07 Å². The van der Waals surface area contributed by atoms with Gasteiger partial charge in [0.1, 0.15) is 17.3 Å². The first-order valence-corrected chi connectivity index (χ1v) is 10.2. The maximum atomic E-state index is 12.3. The van der Waals surface area contributed by atoms with E-state index in [0.29, 0.717) is 30.3 Å². The number of hydrogen-bond acceptors (Lipinski definition) is 7. The lowest BCUT2D eigenvalue weighted by atomic mass is 10.2. The molecule has 9 heteroatoms. The van der Waals surface area contributed by atoms with Gasteiger partial charge in [0.25, 0.3) is 5.91 Å². The van der Waals surface area contributed by atoms with Gasteiger partial charge in [0, 0.05) is 25.7 Å². The number of amides is 1. The summed E-state index contributed by atoms with van der Waals surface area (Å²) < 4.78 is 23.4. The Morgan fingerprint density at radius 3 is 2.64 bits per heavy atom. The van der Waals surface area contributed by atoms with Gasteiger partial charge in [0.15, 0.2) is 9.84 Å². The van der Waals surface area contributed by atoms with Crippen LogP contribution >= 0.6 is 0 Å². The highest BCUT2D eigenvalue weighted by molar-refractivity contribution is 7.91. The van der Waals surface area contributed by atoms with E-state index in [0.717, 1.165) is 13.0 Å². The van der Waals surface area contributed by atoms with Crippen molar-refractivity contribution in [2.24, 2.45) is 0 Å². The number of nitrogens with one attached hydrogen (secondary N) is 1. The number of aromatic nitrogens is 2. The van der Waals surface area contributed by atoms with Crippen LogP contribution < -0.4 is 10.2 Å². The van der Waals surface area contributed by atoms with E-state index >= 15 is 0 Å². The van der Waals surface area contributed by atoms with Crippen LogP contribution in [0.5, 0.6) is 0 Å². The first-order chi connectivity index (χ1) is 11.7. The Morgan fingerprint density at radius 1 is 1.32 bits per heavy atom. The van der Waals surface area contributed by atoms with E-state index in [2.05, 4.69) is 20.2 Å². The van der Waals surface area contributed by atoms with Crippen LogP contribution in [0.1, 0.15) is 29.2 Å². The molecule has 0 radical (unpaired) electrons. The van der Waals surface area contributed by atoms with Crippen molar-refractivity contribution in [3.05, 3.63) is 17.6 Å². The van der Waals surface area contributed by atoms with Crippen LogP contribution in [0, 0.1) is 6.92 Å². The zero-order valence-electron chi connectivity index (χ0n) is 15.3.